The molecule has 0 aliphatic heterocycles. The predicted octanol–water partition coefficient (Wildman–Crippen LogP) is 4.19. The number of hydrogen-bond donors (Lipinski definition) is 0. The van der Waals surface area contributed by atoms with Gasteiger partial charge in [0.2, 0.25) is 0 Å². The van der Waals surface area contributed by atoms with E-state index in [2.05, 4.69) is 26.0 Å². The Bertz CT molecular complexity index is 1190. The summed E-state index contributed by atoms with van der Waals surface area (Å²) in [5.41, 5.74) is 0.659. The molecular formula is C20H17BrClN3O4. The van der Waals surface area contributed by atoms with Crippen LogP contribution in [0.25, 0.3) is 10.9 Å². The second kappa shape index (κ2) is 8.75. The molecule has 0 aliphatic carbocycles. The summed E-state index contributed by atoms with van der Waals surface area (Å²) in [5, 5.41) is 5.10. The zero-order chi connectivity index (χ0) is 21.1. The minimum absolute atomic E-state index is 0.163. The van der Waals surface area contributed by atoms with Crippen molar-refractivity contribution in [3.05, 3.63) is 61.6 Å². The van der Waals surface area contributed by atoms with Crippen molar-refractivity contribution >= 4 is 50.6 Å². The third kappa shape index (κ3) is 4.49. The van der Waals surface area contributed by atoms with Crippen LogP contribution in [0.3, 0.4) is 0 Å². The topological polar surface area (TPSA) is 82.8 Å². The average Bonchev–Trinajstić information content (AvgIpc) is 2.68. The zero-order valence-electron chi connectivity index (χ0n) is 15.9. The van der Waals surface area contributed by atoms with E-state index in [-0.39, 0.29) is 17.1 Å². The first-order valence-electron chi connectivity index (χ1n) is 8.65. The first kappa shape index (κ1) is 21.0. The van der Waals surface area contributed by atoms with Gasteiger partial charge in [-0.15, -0.1) is 0 Å². The molecule has 1 heterocycles. The summed E-state index contributed by atoms with van der Waals surface area (Å²) in [5.74, 6) is 0.404. The van der Waals surface area contributed by atoms with Crippen LogP contribution in [0, 0.1) is 0 Å². The molecule has 0 saturated carbocycles. The molecule has 1 aromatic heterocycles. The van der Waals surface area contributed by atoms with Gasteiger partial charge in [-0.3, -0.25) is 9.59 Å². The van der Waals surface area contributed by atoms with Crippen LogP contribution in [0.1, 0.15) is 25.2 Å². The highest BCUT2D eigenvalue weighted by molar-refractivity contribution is 9.10. The van der Waals surface area contributed by atoms with Crippen molar-refractivity contribution in [3.8, 4) is 11.5 Å². The molecule has 0 unspecified atom stereocenters. The average molecular weight is 479 g/mol. The van der Waals surface area contributed by atoms with Crippen LogP contribution >= 0.6 is 27.5 Å². The molecular weight excluding hydrogens is 462 g/mol. The van der Waals surface area contributed by atoms with Gasteiger partial charge in [-0.2, -0.15) is 9.78 Å². The minimum Gasteiger partial charge on any atom is -0.493 e. The molecule has 150 valence electrons. The number of aryl methyl sites for hydroxylation is 1. The Morgan fingerprint density at radius 3 is 2.76 bits per heavy atom. The SMILES string of the molecule is CCc1nc2ccc(Br)cc2c(=O)n1N=Cc1cc(Cl)cc(OC)c1OC(C)=O. The molecule has 0 N–H and O–H groups in total. The van der Waals surface area contributed by atoms with E-state index in [1.54, 1.807) is 18.2 Å². The fraction of sp³-hybridized carbons (Fsp3) is 0.200. The van der Waals surface area contributed by atoms with Gasteiger partial charge in [0.05, 0.1) is 24.2 Å². The maximum absolute atomic E-state index is 13.0. The number of aromatic nitrogens is 2. The van der Waals surface area contributed by atoms with E-state index in [0.717, 1.165) is 4.47 Å². The van der Waals surface area contributed by atoms with Crippen LogP contribution in [0.4, 0.5) is 0 Å². The maximum atomic E-state index is 13.0. The molecule has 7 nitrogen and oxygen atoms in total. The van der Waals surface area contributed by atoms with Crippen LogP contribution in [0.5, 0.6) is 11.5 Å². The highest BCUT2D eigenvalue weighted by Gasteiger charge is 2.15. The third-order valence-corrected chi connectivity index (χ3v) is 4.73. The van der Waals surface area contributed by atoms with Crippen LogP contribution in [-0.2, 0) is 11.2 Å². The first-order valence-corrected chi connectivity index (χ1v) is 9.82. The van der Waals surface area contributed by atoms with Gasteiger partial charge < -0.3 is 9.47 Å². The molecule has 0 atom stereocenters. The normalized spacial score (nSPS) is 11.2. The molecule has 0 fully saturated rings. The minimum atomic E-state index is -0.524. The summed E-state index contributed by atoms with van der Waals surface area (Å²) >= 11 is 9.50. The van der Waals surface area contributed by atoms with Gasteiger partial charge in [0.25, 0.3) is 5.56 Å². The lowest BCUT2D eigenvalue weighted by atomic mass is 10.2. The van der Waals surface area contributed by atoms with Gasteiger partial charge in [0, 0.05) is 34.5 Å². The first-order chi connectivity index (χ1) is 13.8. The molecule has 3 aromatic rings. The molecule has 0 spiro atoms. The summed E-state index contributed by atoms with van der Waals surface area (Å²) in [4.78, 5) is 29.0. The fourth-order valence-electron chi connectivity index (χ4n) is 2.75. The van der Waals surface area contributed by atoms with Gasteiger partial charge in [-0.1, -0.05) is 34.5 Å². The molecule has 0 radical (unpaired) electrons. The molecule has 9 heteroatoms. The number of nitrogens with zero attached hydrogens (tertiary/aromatic N) is 3. The quantitative estimate of drug-likeness (QED) is 0.312. The second-order valence-corrected chi connectivity index (χ2v) is 7.38. The Labute approximate surface area is 180 Å². The van der Waals surface area contributed by atoms with Gasteiger partial charge in [-0.25, -0.2) is 4.98 Å². The van der Waals surface area contributed by atoms with Crippen LogP contribution in [0.15, 0.2) is 44.7 Å². The molecule has 2 aromatic carbocycles. The molecule has 3 rings (SSSR count). The number of carbonyl (C=O) groups excluding carboxylic acids is 1. The molecule has 0 bridgehead atoms. The lowest BCUT2D eigenvalue weighted by molar-refractivity contribution is -0.132. The van der Waals surface area contributed by atoms with Crippen molar-refractivity contribution in [1.29, 1.82) is 0 Å². The Hall–Kier alpha value is -2.71. The monoisotopic (exact) mass is 477 g/mol. The summed E-state index contributed by atoms with van der Waals surface area (Å²) in [6, 6.07) is 8.38. The van der Waals surface area contributed by atoms with E-state index in [1.807, 2.05) is 13.0 Å². The van der Waals surface area contributed by atoms with Crippen LogP contribution in [0.2, 0.25) is 5.02 Å². The Morgan fingerprint density at radius 2 is 2.10 bits per heavy atom. The summed E-state index contributed by atoms with van der Waals surface area (Å²) in [7, 11) is 1.43. The molecule has 29 heavy (non-hydrogen) atoms. The second-order valence-electron chi connectivity index (χ2n) is 6.02. The predicted molar refractivity (Wildman–Crippen MR) is 115 cm³/mol. The number of esters is 1. The smallest absolute Gasteiger partial charge is 0.308 e. The van der Waals surface area contributed by atoms with Gasteiger partial charge >= 0.3 is 5.97 Å². The fourth-order valence-corrected chi connectivity index (χ4v) is 3.33. The molecule has 0 saturated heterocycles. The number of methoxy groups -OCH3 is 1. The van der Waals surface area contributed by atoms with Gasteiger partial charge in [0.15, 0.2) is 11.5 Å². The summed E-state index contributed by atoms with van der Waals surface area (Å²) in [6.07, 6.45) is 1.88. The van der Waals surface area contributed by atoms with E-state index < -0.39 is 5.97 Å². The Kier molecular flexibility index (Phi) is 6.34. The lowest BCUT2D eigenvalue weighted by Gasteiger charge is -2.12. The number of halogens is 2. The number of rotatable bonds is 5. The van der Waals surface area contributed by atoms with Crippen molar-refractivity contribution in [3.63, 3.8) is 0 Å². The number of benzene rings is 2. The van der Waals surface area contributed by atoms with E-state index in [4.69, 9.17) is 21.1 Å². The Balaban J connectivity index is 2.19. The Morgan fingerprint density at radius 1 is 1.34 bits per heavy atom. The lowest BCUT2D eigenvalue weighted by Crippen LogP contribution is -2.22. The molecule has 0 aliphatic rings. The van der Waals surface area contributed by atoms with Gasteiger partial charge in [-0.05, 0) is 24.3 Å². The van der Waals surface area contributed by atoms with Crippen LogP contribution in [-0.4, -0.2) is 29.0 Å². The van der Waals surface area contributed by atoms with Crippen molar-refractivity contribution in [1.82, 2.24) is 9.66 Å². The van der Waals surface area contributed by atoms with Crippen molar-refractivity contribution in [2.75, 3.05) is 7.11 Å². The van der Waals surface area contributed by atoms with Crippen molar-refractivity contribution in [2.24, 2.45) is 5.10 Å². The van der Waals surface area contributed by atoms with E-state index in [9.17, 15) is 9.59 Å². The standard InChI is InChI=1S/C20H17BrClN3O4/c1-4-18-24-16-6-5-13(21)8-15(16)20(27)25(18)23-10-12-7-14(22)9-17(28-3)19(12)29-11(2)26/h5-10H,4H2,1-3H3. The number of carbonyl (C=O) groups is 1. The number of fused-ring (bicyclic) bond motifs is 1. The number of ether oxygens (including phenoxy) is 2. The van der Waals surface area contributed by atoms with Crippen molar-refractivity contribution in [2.45, 2.75) is 20.3 Å². The van der Waals surface area contributed by atoms with Crippen LogP contribution < -0.4 is 15.0 Å². The molecule has 0 amide bonds. The largest absolute Gasteiger partial charge is 0.493 e. The highest BCUT2D eigenvalue weighted by Crippen LogP contribution is 2.34. The third-order valence-electron chi connectivity index (χ3n) is 4.02. The summed E-state index contributed by atoms with van der Waals surface area (Å²) in [6.45, 7) is 3.16. The van der Waals surface area contributed by atoms with E-state index >= 15 is 0 Å². The summed E-state index contributed by atoms with van der Waals surface area (Å²) < 4.78 is 12.5. The highest BCUT2D eigenvalue weighted by atomic mass is 79.9. The van der Waals surface area contributed by atoms with E-state index in [1.165, 1.54) is 31.0 Å². The zero-order valence-corrected chi connectivity index (χ0v) is 18.2. The maximum Gasteiger partial charge on any atom is 0.308 e. The van der Waals surface area contributed by atoms with Crippen molar-refractivity contribution < 1.29 is 14.3 Å². The van der Waals surface area contributed by atoms with Gasteiger partial charge in [0.1, 0.15) is 5.82 Å². The van der Waals surface area contributed by atoms with E-state index in [0.29, 0.717) is 33.7 Å². The number of hydrogen-bond acceptors (Lipinski definition) is 6.